The van der Waals surface area contributed by atoms with Crippen molar-refractivity contribution < 1.29 is 9.53 Å². The third-order valence-electron chi connectivity index (χ3n) is 5.94. The molecule has 0 aliphatic heterocycles. The zero-order chi connectivity index (χ0) is 13.5. The second-order valence-electron chi connectivity index (χ2n) is 6.99. The molecule has 0 radical (unpaired) electrons. The summed E-state index contributed by atoms with van der Waals surface area (Å²) in [6.45, 7) is 2.78. The van der Waals surface area contributed by atoms with Crippen LogP contribution in [-0.4, -0.2) is 25.2 Å². The predicted molar refractivity (Wildman–Crippen MR) is 74.7 cm³/mol. The largest absolute Gasteiger partial charge is 0.376 e. The summed E-state index contributed by atoms with van der Waals surface area (Å²) in [5.74, 6) is 3.42. The number of carbonyl (C=O) groups is 1. The fourth-order valence-electron chi connectivity index (χ4n) is 5.23. The van der Waals surface area contributed by atoms with Crippen LogP contribution < -0.4 is 5.32 Å². The van der Waals surface area contributed by atoms with Gasteiger partial charge in [-0.1, -0.05) is 6.92 Å². The van der Waals surface area contributed by atoms with Crippen molar-refractivity contribution in [2.45, 2.75) is 57.5 Å². The summed E-state index contributed by atoms with van der Waals surface area (Å²) in [6, 6.07) is 0. The normalized spacial score (nSPS) is 43.5. The third-order valence-corrected chi connectivity index (χ3v) is 5.94. The number of hydrogen-bond acceptors (Lipinski definition) is 2. The fourth-order valence-corrected chi connectivity index (χ4v) is 5.23. The quantitative estimate of drug-likeness (QED) is 0.830. The molecule has 0 saturated heterocycles. The highest BCUT2D eigenvalue weighted by atomic mass is 16.5. The first-order valence-corrected chi connectivity index (χ1v) is 7.99. The van der Waals surface area contributed by atoms with Gasteiger partial charge in [0.25, 0.3) is 0 Å². The Balaban J connectivity index is 1.70. The molecule has 0 aromatic rings. The smallest absolute Gasteiger partial charge is 0.220 e. The Morgan fingerprint density at radius 2 is 1.74 bits per heavy atom. The van der Waals surface area contributed by atoms with Crippen molar-refractivity contribution in [3.05, 3.63) is 0 Å². The Bertz CT molecular complexity index is 325. The Morgan fingerprint density at radius 1 is 1.16 bits per heavy atom. The molecule has 0 aromatic heterocycles. The zero-order valence-electron chi connectivity index (χ0n) is 12.3. The zero-order valence-corrected chi connectivity index (χ0v) is 12.3. The van der Waals surface area contributed by atoms with Crippen molar-refractivity contribution in [1.82, 2.24) is 5.32 Å². The molecular weight excluding hydrogens is 238 g/mol. The van der Waals surface area contributed by atoms with Crippen LogP contribution >= 0.6 is 0 Å². The van der Waals surface area contributed by atoms with E-state index in [1.165, 1.54) is 32.1 Å². The van der Waals surface area contributed by atoms with Crippen molar-refractivity contribution in [2.75, 3.05) is 13.7 Å². The van der Waals surface area contributed by atoms with Gasteiger partial charge in [-0.2, -0.15) is 0 Å². The number of ether oxygens (including phenoxy) is 1. The monoisotopic (exact) mass is 265 g/mol. The minimum Gasteiger partial charge on any atom is -0.376 e. The van der Waals surface area contributed by atoms with Gasteiger partial charge in [0.15, 0.2) is 0 Å². The lowest BCUT2D eigenvalue weighted by molar-refractivity contribution is -0.188. The van der Waals surface area contributed by atoms with E-state index in [4.69, 9.17) is 4.74 Å². The van der Waals surface area contributed by atoms with Gasteiger partial charge in [0.1, 0.15) is 0 Å². The number of rotatable bonds is 5. The summed E-state index contributed by atoms with van der Waals surface area (Å²) in [4.78, 5) is 11.8. The SMILES string of the molecule is CCCC(=O)NCC1(OC)C2CC3CC(C2)CC1C3. The molecule has 4 bridgehead atoms. The molecule has 1 N–H and O–H groups in total. The molecule has 4 aliphatic carbocycles. The highest BCUT2D eigenvalue weighted by Crippen LogP contribution is 2.59. The van der Waals surface area contributed by atoms with Crippen LogP contribution in [0.3, 0.4) is 0 Å². The van der Waals surface area contributed by atoms with E-state index < -0.39 is 0 Å². The van der Waals surface area contributed by atoms with E-state index in [2.05, 4.69) is 12.2 Å². The first kappa shape index (κ1) is 13.4. The maximum Gasteiger partial charge on any atom is 0.220 e. The molecule has 4 aliphatic rings. The van der Waals surface area contributed by atoms with E-state index in [0.717, 1.165) is 24.8 Å². The topological polar surface area (TPSA) is 38.3 Å². The van der Waals surface area contributed by atoms with E-state index in [1.54, 1.807) is 0 Å². The molecule has 3 heteroatoms. The molecule has 19 heavy (non-hydrogen) atoms. The van der Waals surface area contributed by atoms with Gasteiger partial charge < -0.3 is 10.1 Å². The van der Waals surface area contributed by atoms with Gasteiger partial charge in [-0.05, 0) is 62.2 Å². The van der Waals surface area contributed by atoms with Crippen molar-refractivity contribution in [3.63, 3.8) is 0 Å². The Kier molecular flexibility index (Phi) is 3.59. The molecule has 1 amide bonds. The number of hydrogen-bond donors (Lipinski definition) is 1. The molecule has 0 atom stereocenters. The van der Waals surface area contributed by atoms with Crippen molar-refractivity contribution in [1.29, 1.82) is 0 Å². The second-order valence-corrected chi connectivity index (χ2v) is 6.99. The molecule has 0 unspecified atom stereocenters. The number of carbonyl (C=O) groups excluding carboxylic acids is 1. The van der Waals surface area contributed by atoms with Gasteiger partial charge in [-0.15, -0.1) is 0 Å². The van der Waals surface area contributed by atoms with E-state index in [1.807, 2.05) is 7.11 Å². The van der Waals surface area contributed by atoms with Crippen LogP contribution in [0.5, 0.6) is 0 Å². The average molecular weight is 265 g/mol. The van der Waals surface area contributed by atoms with E-state index in [0.29, 0.717) is 18.3 Å². The first-order valence-electron chi connectivity index (χ1n) is 7.99. The molecule has 4 fully saturated rings. The van der Waals surface area contributed by atoms with Gasteiger partial charge in [0, 0.05) is 20.1 Å². The lowest BCUT2D eigenvalue weighted by Gasteiger charge is -2.60. The Hall–Kier alpha value is -0.570. The van der Waals surface area contributed by atoms with Gasteiger partial charge in [0.2, 0.25) is 5.91 Å². The Labute approximate surface area is 116 Å². The second kappa shape index (κ2) is 5.08. The van der Waals surface area contributed by atoms with Gasteiger partial charge in [0.05, 0.1) is 5.60 Å². The summed E-state index contributed by atoms with van der Waals surface area (Å²) < 4.78 is 6.03. The van der Waals surface area contributed by atoms with Crippen LogP contribution in [0.25, 0.3) is 0 Å². The summed E-state index contributed by atoms with van der Waals surface area (Å²) in [5, 5.41) is 3.14. The highest BCUT2D eigenvalue weighted by molar-refractivity contribution is 5.75. The summed E-state index contributed by atoms with van der Waals surface area (Å²) in [7, 11) is 1.86. The summed E-state index contributed by atoms with van der Waals surface area (Å²) in [5.41, 5.74) is -0.0587. The summed E-state index contributed by atoms with van der Waals surface area (Å²) in [6.07, 6.45) is 8.31. The van der Waals surface area contributed by atoms with Crippen molar-refractivity contribution >= 4 is 5.91 Å². The minimum atomic E-state index is -0.0587. The van der Waals surface area contributed by atoms with E-state index in [9.17, 15) is 4.79 Å². The molecule has 0 heterocycles. The lowest BCUT2D eigenvalue weighted by atomic mass is 9.49. The van der Waals surface area contributed by atoms with Crippen LogP contribution in [0, 0.1) is 23.7 Å². The standard InChI is InChI=1S/C16H27NO2/c1-3-4-15(18)17-10-16(19-2)13-6-11-5-12(8-13)9-14(16)7-11/h11-14H,3-10H2,1-2H3,(H,17,18). The van der Waals surface area contributed by atoms with Crippen molar-refractivity contribution in [3.8, 4) is 0 Å². The number of nitrogens with one attached hydrogen (secondary N) is 1. The maximum absolute atomic E-state index is 11.8. The molecule has 0 spiro atoms. The van der Waals surface area contributed by atoms with Crippen LogP contribution in [0.1, 0.15) is 51.9 Å². The molecule has 4 saturated carbocycles. The fraction of sp³-hybridized carbons (Fsp3) is 0.938. The molecule has 4 rings (SSSR count). The lowest BCUT2D eigenvalue weighted by Crippen LogP contribution is -2.63. The molecular formula is C16H27NO2. The highest BCUT2D eigenvalue weighted by Gasteiger charge is 2.57. The number of methoxy groups -OCH3 is 1. The van der Waals surface area contributed by atoms with Gasteiger partial charge >= 0.3 is 0 Å². The van der Waals surface area contributed by atoms with Gasteiger partial charge in [-0.3, -0.25) is 4.79 Å². The molecule has 0 aromatic carbocycles. The van der Waals surface area contributed by atoms with Crippen LogP contribution in [-0.2, 0) is 9.53 Å². The first-order chi connectivity index (χ1) is 9.18. The van der Waals surface area contributed by atoms with E-state index in [-0.39, 0.29) is 11.5 Å². The maximum atomic E-state index is 11.8. The summed E-state index contributed by atoms with van der Waals surface area (Å²) >= 11 is 0. The van der Waals surface area contributed by atoms with Crippen molar-refractivity contribution in [2.24, 2.45) is 23.7 Å². The van der Waals surface area contributed by atoms with Crippen LogP contribution in [0.2, 0.25) is 0 Å². The third kappa shape index (κ3) is 2.20. The van der Waals surface area contributed by atoms with Crippen LogP contribution in [0.15, 0.2) is 0 Å². The van der Waals surface area contributed by atoms with E-state index >= 15 is 0 Å². The number of amides is 1. The van der Waals surface area contributed by atoms with Gasteiger partial charge in [-0.25, -0.2) is 0 Å². The average Bonchev–Trinajstić information content (AvgIpc) is 2.38. The molecule has 108 valence electrons. The van der Waals surface area contributed by atoms with Crippen LogP contribution in [0.4, 0.5) is 0 Å². The Morgan fingerprint density at radius 3 is 2.21 bits per heavy atom. The minimum absolute atomic E-state index is 0.0587. The molecule has 3 nitrogen and oxygen atoms in total. The predicted octanol–water partition coefficient (Wildman–Crippen LogP) is 2.74.